The number of aromatic nitrogens is 2. The summed E-state index contributed by atoms with van der Waals surface area (Å²) in [7, 11) is 1.30. The smallest absolute Gasteiger partial charge is 0.328 e. The van der Waals surface area contributed by atoms with Crippen LogP contribution in [0, 0.1) is 12.8 Å². The maximum Gasteiger partial charge on any atom is 0.328 e. The zero-order valence-electron chi connectivity index (χ0n) is 14.6. The van der Waals surface area contributed by atoms with Gasteiger partial charge in [0.1, 0.15) is 24.1 Å². The fourth-order valence-corrected chi connectivity index (χ4v) is 2.64. The Labute approximate surface area is 150 Å². The summed E-state index contributed by atoms with van der Waals surface area (Å²) in [5, 5.41) is 2.69. The molecule has 0 saturated carbocycles. The molecule has 0 radical (unpaired) electrons. The summed E-state index contributed by atoms with van der Waals surface area (Å²) in [4.78, 5) is 24.0. The van der Waals surface area contributed by atoms with Gasteiger partial charge in [-0.3, -0.25) is 4.79 Å². The molecule has 1 aromatic carbocycles. The van der Waals surface area contributed by atoms with E-state index in [1.165, 1.54) is 7.11 Å². The van der Waals surface area contributed by atoms with E-state index in [9.17, 15) is 9.59 Å². The molecule has 0 aliphatic heterocycles. The topological polar surface area (TPSA) is 90.4 Å². The van der Waals surface area contributed by atoms with Crippen LogP contribution in [0.15, 0.2) is 24.3 Å². The van der Waals surface area contributed by atoms with Crippen LogP contribution in [0.2, 0.25) is 0 Å². The maximum atomic E-state index is 12.3. The molecule has 7 nitrogen and oxygen atoms in total. The van der Waals surface area contributed by atoms with Crippen molar-refractivity contribution >= 4 is 23.6 Å². The number of nitrogens with one attached hydrogen (secondary N) is 1. The van der Waals surface area contributed by atoms with Crippen LogP contribution in [0.1, 0.15) is 35.6 Å². The van der Waals surface area contributed by atoms with E-state index in [1.54, 1.807) is 24.3 Å². The van der Waals surface area contributed by atoms with Gasteiger partial charge in [-0.05, 0) is 37.1 Å². The number of methoxy groups -OCH3 is 1. The van der Waals surface area contributed by atoms with E-state index in [2.05, 4.69) is 14.1 Å². The molecule has 2 rings (SSSR count). The van der Waals surface area contributed by atoms with Gasteiger partial charge in [-0.15, -0.1) is 0 Å². The van der Waals surface area contributed by atoms with Crippen molar-refractivity contribution < 1.29 is 19.1 Å². The molecule has 0 aliphatic carbocycles. The fraction of sp³-hybridized carbons (Fsp3) is 0.412. The molecular weight excluding hydrogens is 342 g/mol. The normalized spacial score (nSPS) is 11.9. The van der Waals surface area contributed by atoms with Crippen molar-refractivity contribution in [2.75, 3.05) is 7.11 Å². The summed E-state index contributed by atoms with van der Waals surface area (Å²) < 4.78 is 18.6. The molecule has 1 heterocycles. The van der Waals surface area contributed by atoms with Crippen molar-refractivity contribution in [1.29, 1.82) is 0 Å². The molecule has 1 atom stereocenters. The van der Waals surface area contributed by atoms with E-state index >= 15 is 0 Å². The lowest BCUT2D eigenvalue weighted by Crippen LogP contribution is -2.45. The van der Waals surface area contributed by atoms with Gasteiger partial charge in [-0.1, -0.05) is 13.8 Å². The highest BCUT2D eigenvalue weighted by Gasteiger charge is 2.25. The molecule has 0 fully saturated rings. The van der Waals surface area contributed by atoms with Gasteiger partial charge in [0.15, 0.2) is 0 Å². The molecule has 1 N–H and O–H groups in total. The van der Waals surface area contributed by atoms with Crippen LogP contribution in [-0.4, -0.2) is 33.8 Å². The number of benzene rings is 1. The molecule has 0 aliphatic rings. The third-order valence-corrected chi connectivity index (χ3v) is 4.30. The summed E-state index contributed by atoms with van der Waals surface area (Å²) in [6.07, 6.45) is 0. The van der Waals surface area contributed by atoms with E-state index in [0.717, 1.165) is 23.1 Å². The highest BCUT2D eigenvalue weighted by Crippen LogP contribution is 2.15. The number of amides is 1. The Balaban J connectivity index is 1.97. The minimum atomic E-state index is -0.687. The Kier molecular flexibility index (Phi) is 6.46. The zero-order chi connectivity index (χ0) is 18.4. The highest BCUT2D eigenvalue weighted by atomic mass is 32.1. The van der Waals surface area contributed by atoms with Gasteiger partial charge >= 0.3 is 5.97 Å². The minimum Gasteiger partial charge on any atom is -0.487 e. The molecule has 25 heavy (non-hydrogen) atoms. The molecule has 1 amide bonds. The van der Waals surface area contributed by atoms with Crippen molar-refractivity contribution in [3.63, 3.8) is 0 Å². The Hall–Kier alpha value is -2.48. The minimum absolute atomic E-state index is 0.0750. The molecule has 2 aromatic rings. The fourth-order valence-electron chi connectivity index (χ4n) is 2.08. The van der Waals surface area contributed by atoms with Gasteiger partial charge in [0.05, 0.1) is 24.5 Å². The van der Waals surface area contributed by atoms with Gasteiger partial charge < -0.3 is 14.8 Å². The van der Waals surface area contributed by atoms with Gasteiger partial charge in [0.25, 0.3) is 5.91 Å². The summed E-state index contributed by atoms with van der Waals surface area (Å²) in [5.41, 5.74) is 2.08. The number of hydrogen-bond acceptors (Lipinski definition) is 7. The molecule has 8 heteroatoms. The second-order valence-corrected chi connectivity index (χ2v) is 6.36. The van der Waals surface area contributed by atoms with Crippen LogP contribution in [-0.2, 0) is 16.1 Å². The van der Waals surface area contributed by atoms with Gasteiger partial charge in [-0.25, -0.2) is 4.79 Å². The molecular formula is C17H21N3O4S. The van der Waals surface area contributed by atoms with Gasteiger partial charge in [-0.2, -0.15) is 8.75 Å². The predicted octanol–water partition coefficient (Wildman–Crippen LogP) is 2.35. The van der Waals surface area contributed by atoms with E-state index in [-0.39, 0.29) is 11.8 Å². The molecule has 0 saturated heterocycles. The first kappa shape index (κ1) is 18.9. The van der Waals surface area contributed by atoms with Crippen molar-refractivity contribution in [1.82, 2.24) is 14.1 Å². The average Bonchev–Trinajstić information content (AvgIpc) is 3.02. The number of ether oxygens (including phenoxy) is 2. The standard InChI is InChI=1S/C17H21N3O4S/c1-10(2)15(17(22)23-4)18-16(21)12-5-7-13(8-6-12)24-9-14-11(3)19-25-20-14/h5-8,10,15H,9H2,1-4H3,(H,18,21). The lowest BCUT2D eigenvalue weighted by molar-refractivity contribution is -0.144. The van der Waals surface area contributed by atoms with Crippen molar-refractivity contribution in [2.45, 2.75) is 33.4 Å². The van der Waals surface area contributed by atoms with E-state index in [0.29, 0.717) is 17.9 Å². The number of carbonyl (C=O) groups excluding carboxylic acids is 2. The molecule has 0 bridgehead atoms. The summed E-state index contributed by atoms with van der Waals surface area (Å²) >= 11 is 1.15. The zero-order valence-corrected chi connectivity index (χ0v) is 15.4. The SMILES string of the molecule is COC(=O)C(NC(=O)c1ccc(OCc2nsnc2C)cc1)C(C)C. The molecule has 134 valence electrons. The van der Waals surface area contributed by atoms with E-state index in [1.807, 2.05) is 20.8 Å². The first-order valence-electron chi connectivity index (χ1n) is 7.82. The first-order chi connectivity index (χ1) is 11.9. The van der Waals surface area contributed by atoms with Crippen LogP contribution < -0.4 is 10.1 Å². The Morgan fingerprint density at radius 3 is 2.40 bits per heavy atom. The number of rotatable bonds is 7. The third-order valence-electron chi connectivity index (χ3n) is 3.65. The van der Waals surface area contributed by atoms with Crippen LogP contribution in [0.4, 0.5) is 0 Å². The lowest BCUT2D eigenvalue weighted by Gasteiger charge is -2.19. The predicted molar refractivity (Wildman–Crippen MR) is 93.5 cm³/mol. The number of aryl methyl sites for hydroxylation is 1. The Bertz CT molecular complexity index is 728. The van der Waals surface area contributed by atoms with Crippen LogP contribution in [0.25, 0.3) is 0 Å². The van der Waals surface area contributed by atoms with E-state index < -0.39 is 12.0 Å². The second kappa shape index (κ2) is 8.57. The summed E-state index contributed by atoms with van der Waals surface area (Å²) in [5.74, 6) is -0.253. The maximum absolute atomic E-state index is 12.3. The average molecular weight is 363 g/mol. The second-order valence-electron chi connectivity index (χ2n) is 5.83. The van der Waals surface area contributed by atoms with Crippen LogP contribution >= 0.6 is 11.7 Å². The quantitative estimate of drug-likeness (QED) is 0.760. The summed E-state index contributed by atoms with van der Waals surface area (Å²) in [6, 6.07) is 6.00. The number of esters is 1. The van der Waals surface area contributed by atoms with Crippen LogP contribution in [0.3, 0.4) is 0 Å². The molecule has 1 aromatic heterocycles. The Morgan fingerprint density at radius 2 is 1.88 bits per heavy atom. The monoisotopic (exact) mass is 363 g/mol. The van der Waals surface area contributed by atoms with Crippen molar-refractivity contribution in [3.8, 4) is 5.75 Å². The van der Waals surface area contributed by atoms with Gasteiger partial charge in [0, 0.05) is 5.56 Å². The highest BCUT2D eigenvalue weighted by molar-refractivity contribution is 6.99. The number of nitrogens with zero attached hydrogens (tertiary/aromatic N) is 2. The number of hydrogen-bond donors (Lipinski definition) is 1. The third kappa shape index (κ3) is 4.99. The summed E-state index contributed by atoms with van der Waals surface area (Å²) in [6.45, 7) is 5.88. The molecule has 1 unspecified atom stereocenters. The molecule has 0 spiro atoms. The van der Waals surface area contributed by atoms with Crippen molar-refractivity contribution in [3.05, 3.63) is 41.2 Å². The lowest BCUT2D eigenvalue weighted by atomic mass is 10.0. The number of carbonyl (C=O) groups is 2. The Morgan fingerprint density at radius 1 is 1.20 bits per heavy atom. The van der Waals surface area contributed by atoms with Crippen LogP contribution in [0.5, 0.6) is 5.75 Å². The van der Waals surface area contributed by atoms with Crippen molar-refractivity contribution in [2.24, 2.45) is 5.92 Å². The largest absolute Gasteiger partial charge is 0.487 e. The van der Waals surface area contributed by atoms with Gasteiger partial charge in [0.2, 0.25) is 0 Å². The first-order valence-corrected chi connectivity index (χ1v) is 8.55. The van der Waals surface area contributed by atoms with E-state index in [4.69, 9.17) is 9.47 Å².